The third-order valence-electron chi connectivity index (χ3n) is 4.81. The summed E-state index contributed by atoms with van der Waals surface area (Å²) in [5.41, 5.74) is -4.21. The van der Waals surface area contributed by atoms with Gasteiger partial charge in [-0.3, -0.25) is 14.4 Å². The van der Waals surface area contributed by atoms with Gasteiger partial charge < -0.3 is 14.6 Å². The summed E-state index contributed by atoms with van der Waals surface area (Å²) in [7, 11) is -4.49. The average Bonchev–Trinajstić information content (AvgIpc) is 2.89. The van der Waals surface area contributed by atoms with E-state index in [-0.39, 0.29) is 36.7 Å². The van der Waals surface area contributed by atoms with E-state index >= 15 is 0 Å². The van der Waals surface area contributed by atoms with Crippen LogP contribution in [0.25, 0.3) is 0 Å². The van der Waals surface area contributed by atoms with Crippen molar-refractivity contribution >= 4 is 34.0 Å². The summed E-state index contributed by atoms with van der Waals surface area (Å²) in [5, 5.41) is 8.96. The Hall–Kier alpha value is -3.69. The van der Waals surface area contributed by atoms with Gasteiger partial charge in [-0.15, -0.1) is 0 Å². The third-order valence-corrected chi connectivity index (χ3v) is 6.62. The van der Waals surface area contributed by atoms with Crippen molar-refractivity contribution in [3.8, 4) is 5.75 Å². The number of benzene rings is 2. The van der Waals surface area contributed by atoms with Crippen LogP contribution >= 0.6 is 0 Å². The second kappa shape index (κ2) is 16.1. The number of sulfonamides is 1. The van der Waals surface area contributed by atoms with Crippen LogP contribution in [0, 0.1) is 0 Å². The molecule has 1 aliphatic heterocycles. The Kier molecular flexibility index (Phi) is 14.7. The first-order chi connectivity index (χ1) is 19.3. The number of hydrogen-bond donors (Lipinski definition) is 2. The Morgan fingerprint density at radius 3 is 2.12 bits per heavy atom. The molecule has 238 valence electrons. The minimum atomic E-state index is -4.84. The van der Waals surface area contributed by atoms with Crippen LogP contribution in [0.2, 0.25) is 0 Å². The van der Waals surface area contributed by atoms with Crippen LogP contribution in [0.4, 0.5) is 42.5 Å². The van der Waals surface area contributed by atoms with E-state index < -0.39 is 44.5 Å². The van der Waals surface area contributed by atoms with E-state index in [0.717, 1.165) is 28.6 Å². The first kappa shape index (κ1) is 38.3. The molecule has 1 heterocycles. The number of nitrogens with zero attached hydrogens (tertiary/aromatic N) is 1. The number of rotatable bonds is 4. The van der Waals surface area contributed by atoms with Gasteiger partial charge in [0, 0.05) is 5.69 Å². The van der Waals surface area contributed by atoms with Crippen molar-refractivity contribution in [3.63, 3.8) is 0 Å². The lowest BCUT2D eigenvalue weighted by Gasteiger charge is -2.31. The quantitative estimate of drug-likeness (QED) is 0.267. The maximum Gasteiger partial charge on any atom is 0.427 e. The molecular formula is C26H34F6N2O7S. The van der Waals surface area contributed by atoms with E-state index in [4.69, 9.17) is 14.6 Å². The smallest absolute Gasteiger partial charge is 0.427 e. The first-order valence-electron chi connectivity index (χ1n) is 12.5. The zero-order chi connectivity index (χ0) is 32.9. The zero-order valence-corrected chi connectivity index (χ0v) is 24.6. The van der Waals surface area contributed by atoms with Crippen LogP contribution < -0.4 is 14.4 Å². The third kappa shape index (κ3) is 10.6. The molecule has 0 saturated heterocycles. The molecule has 9 nitrogen and oxygen atoms in total. The van der Waals surface area contributed by atoms with E-state index in [2.05, 4.69) is 23.9 Å². The van der Waals surface area contributed by atoms with E-state index in [1.54, 1.807) is 0 Å². The average molecular weight is 633 g/mol. The van der Waals surface area contributed by atoms with Gasteiger partial charge in [-0.05, 0) is 50.2 Å². The predicted molar refractivity (Wildman–Crippen MR) is 144 cm³/mol. The molecule has 0 fully saturated rings. The number of fused-ring (bicyclic) bond motifs is 1. The molecule has 0 aromatic heterocycles. The Labute approximate surface area is 240 Å². The SMILES string of the molecule is CC.CC(C)(OC(=O)Nc1ccc2c(c1)N(S(=O)(=O)c1cccc(C(F)(F)F)c1)CCO2)C(F)(F)F.CCC.O=CO. The first-order valence-corrected chi connectivity index (χ1v) is 13.9. The van der Waals surface area contributed by atoms with Gasteiger partial charge >= 0.3 is 18.4 Å². The summed E-state index contributed by atoms with van der Waals surface area (Å²) in [5.74, 6) is 0.0383. The molecule has 0 atom stereocenters. The molecule has 1 aliphatic rings. The molecular weight excluding hydrogens is 598 g/mol. The topological polar surface area (TPSA) is 122 Å². The molecule has 0 aliphatic carbocycles. The summed E-state index contributed by atoms with van der Waals surface area (Å²) in [6.07, 6.45) is -9.81. The molecule has 0 radical (unpaired) electrons. The van der Waals surface area contributed by atoms with Crippen molar-refractivity contribution in [2.45, 2.75) is 70.8 Å². The highest BCUT2D eigenvalue weighted by atomic mass is 32.2. The van der Waals surface area contributed by atoms with E-state index in [1.165, 1.54) is 18.6 Å². The Balaban J connectivity index is 0.00000190. The number of halogens is 6. The highest BCUT2D eigenvalue weighted by Crippen LogP contribution is 2.39. The molecule has 2 aromatic rings. The molecule has 2 N–H and O–H groups in total. The van der Waals surface area contributed by atoms with E-state index in [1.807, 2.05) is 13.8 Å². The van der Waals surface area contributed by atoms with Crippen molar-refractivity contribution < 1.29 is 58.9 Å². The predicted octanol–water partition coefficient (Wildman–Crippen LogP) is 7.33. The second-order valence-corrected chi connectivity index (χ2v) is 10.3. The van der Waals surface area contributed by atoms with Crippen LogP contribution in [0.5, 0.6) is 5.75 Å². The fraction of sp³-hybridized carbons (Fsp3) is 0.462. The van der Waals surface area contributed by atoms with Gasteiger partial charge in [-0.1, -0.05) is 40.2 Å². The summed E-state index contributed by atoms with van der Waals surface area (Å²) < 4.78 is 115. The highest BCUT2D eigenvalue weighted by molar-refractivity contribution is 7.92. The number of nitrogens with one attached hydrogen (secondary N) is 1. The maximum atomic E-state index is 13.1. The van der Waals surface area contributed by atoms with Crippen LogP contribution in [0.3, 0.4) is 0 Å². The molecule has 1 amide bonds. The summed E-state index contributed by atoms with van der Waals surface area (Å²) >= 11 is 0. The summed E-state index contributed by atoms with van der Waals surface area (Å²) in [4.78, 5) is 19.7. The zero-order valence-electron chi connectivity index (χ0n) is 23.8. The van der Waals surface area contributed by atoms with Crippen molar-refractivity contribution in [2.75, 3.05) is 22.8 Å². The number of alkyl halides is 6. The monoisotopic (exact) mass is 632 g/mol. The standard InChI is InChI=1S/C20H18F6N2O5S.C3H8.C2H6.CH2O2/c1-18(2,20(24,25)26)33-17(29)27-13-6-7-16-15(11-13)28(8-9-32-16)34(30,31)14-5-3-4-12(10-14)19(21,22)23;1-3-2;1-2;2-1-3/h3-7,10-11H,8-9H2,1-2H3,(H,27,29);3H2,1-2H3;1-2H3;1H,(H,2,3). The number of anilines is 2. The van der Waals surface area contributed by atoms with Gasteiger partial charge in [-0.25, -0.2) is 13.2 Å². The molecule has 0 bridgehead atoms. The largest absolute Gasteiger partial charge is 0.489 e. The van der Waals surface area contributed by atoms with Crippen LogP contribution in [0.15, 0.2) is 47.4 Å². The van der Waals surface area contributed by atoms with Gasteiger partial charge in [0.25, 0.3) is 16.5 Å². The lowest BCUT2D eigenvalue weighted by atomic mass is 10.1. The number of amides is 1. The number of carbonyl (C=O) groups excluding carboxylic acids is 1. The summed E-state index contributed by atoms with van der Waals surface area (Å²) in [6, 6.07) is 6.76. The number of carboxylic acid groups (broad SMARTS) is 1. The summed E-state index contributed by atoms with van der Waals surface area (Å²) in [6.45, 7) is 8.92. The minimum Gasteiger partial charge on any atom is -0.489 e. The van der Waals surface area contributed by atoms with Gasteiger partial charge in [0.05, 0.1) is 22.7 Å². The fourth-order valence-electron chi connectivity index (χ4n) is 2.91. The lowest BCUT2D eigenvalue weighted by Crippen LogP contribution is -2.44. The van der Waals surface area contributed by atoms with Crippen molar-refractivity contribution in [3.05, 3.63) is 48.0 Å². The van der Waals surface area contributed by atoms with Gasteiger partial charge in [0.1, 0.15) is 12.4 Å². The van der Waals surface area contributed by atoms with Crippen LogP contribution in [-0.4, -0.2) is 51.0 Å². The van der Waals surface area contributed by atoms with E-state index in [9.17, 15) is 39.6 Å². The number of carbonyl (C=O) groups is 2. The van der Waals surface area contributed by atoms with Gasteiger partial charge in [0.15, 0.2) is 0 Å². The highest BCUT2D eigenvalue weighted by Gasteiger charge is 2.51. The Morgan fingerprint density at radius 1 is 1.07 bits per heavy atom. The number of hydrogen-bond acceptors (Lipinski definition) is 6. The molecule has 0 saturated carbocycles. The van der Waals surface area contributed by atoms with Crippen molar-refractivity contribution in [1.82, 2.24) is 0 Å². The van der Waals surface area contributed by atoms with Crippen molar-refractivity contribution in [1.29, 1.82) is 0 Å². The normalized spacial score (nSPS) is 12.8. The van der Waals surface area contributed by atoms with E-state index in [0.29, 0.717) is 19.9 Å². The Bertz CT molecular complexity index is 1270. The molecule has 3 rings (SSSR count). The van der Waals surface area contributed by atoms with Crippen molar-refractivity contribution in [2.24, 2.45) is 0 Å². The Morgan fingerprint density at radius 2 is 1.62 bits per heavy atom. The van der Waals surface area contributed by atoms with Crippen LogP contribution in [-0.2, 0) is 25.7 Å². The molecule has 2 aromatic carbocycles. The maximum absolute atomic E-state index is 13.1. The molecule has 42 heavy (non-hydrogen) atoms. The van der Waals surface area contributed by atoms with Gasteiger partial charge in [-0.2, -0.15) is 26.3 Å². The number of ether oxygens (including phenoxy) is 2. The molecule has 16 heteroatoms. The fourth-order valence-corrected chi connectivity index (χ4v) is 4.41. The van der Waals surface area contributed by atoms with Crippen LogP contribution in [0.1, 0.15) is 53.5 Å². The molecule has 0 unspecified atom stereocenters. The second-order valence-electron chi connectivity index (χ2n) is 8.47. The minimum absolute atomic E-state index is 0.0383. The van der Waals surface area contributed by atoms with Gasteiger partial charge in [0.2, 0.25) is 5.60 Å². The molecule has 0 spiro atoms. The lowest BCUT2D eigenvalue weighted by molar-refractivity contribution is -0.242.